The average Bonchev–Trinajstić information content (AvgIpc) is 2.48. The number of benzene rings is 2. The Morgan fingerprint density at radius 3 is 1.11 bits per heavy atom. The van der Waals surface area contributed by atoms with Gasteiger partial charge >= 0.3 is 0 Å². The molecule has 0 aromatic heterocycles. The first kappa shape index (κ1) is 15.3. The molecular weight excluding hydrogens is 228 g/mol. The van der Waals surface area contributed by atoms with Crippen molar-refractivity contribution in [2.75, 3.05) is 14.1 Å². The minimum atomic E-state index is 1.31. The molecule has 0 aliphatic carbocycles. The molecule has 0 aliphatic rings. The topological polar surface area (TPSA) is 97.5 Å². The van der Waals surface area contributed by atoms with Gasteiger partial charge in [-0.3, -0.25) is 0 Å². The van der Waals surface area contributed by atoms with E-state index in [9.17, 15) is 0 Å². The molecule has 18 heavy (non-hydrogen) atoms. The van der Waals surface area contributed by atoms with Crippen molar-refractivity contribution in [3.63, 3.8) is 0 Å². The first-order valence-electron chi connectivity index (χ1n) is 5.10. The molecule has 0 fully saturated rings. The highest BCUT2D eigenvalue weighted by Gasteiger charge is 1.85. The van der Waals surface area contributed by atoms with Crippen LogP contribution in [0.25, 0.3) is 31.7 Å². The summed E-state index contributed by atoms with van der Waals surface area (Å²) in [6, 6.07) is 16.7. The van der Waals surface area contributed by atoms with Crippen LogP contribution in [0.5, 0.6) is 0 Å². The third-order valence-corrected chi connectivity index (χ3v) is 1.84. The van der Waals surface area contributed by atoms with Gasteiger partial charge in [0, 0.05) is 23.9 Å². The largest absolute Gasteiger partial charge is 0.0973 e. The molecule has 0 radical (unpaired) electrons. The maximum absolute atomic E-state index is 7.33. The predicted molar refractivity (Wildman–Crippen MR) is 74.1 cm³/mol. The van der Waals surface area contributed by atoms with Crippen LogP contribution in [0.2, 0.25) is 0 Å². The Bertz CT molecular complexity index is 472. The van der Waals surface area contributed by atoms with Crippen molar-refractivity contribution in [3.05, 3.63) is 69.4 Å². The Labute approximate surface area is 105 Å². The van der Waals surface area contributed by atoms with E-state index < -0.39 is 0 Å². The summed E-state index contributed by atoms with van der Waals surface area (Å²) in [6.07, 6.45) is 0. The lowest BCUT2D eigenvalue weighted by Crippen LogP contribution is -1.67. The summed E-state index contributed by atoms with van der Waals surface area (Å²) in [4.78, 5) is 4.72. The Kier molecular flexibility index (Phi) is 9.21. The maximum atomic E-state index is 7.33. The van der Waals surface area contributed by atoms with Gasteiger partial charge in [0.1, 0.15) is 0 Å². The van der Waals surface area contributed by atoms with Crippen molar-refractivity contribution in [2.45, 2.75) is 0 Å². The Hall–Kier alpha value is -2.68. The highest BCUT2D eigenvalue weighted by molar-refractivity contribution is 5.81. The number of hydrogen-bond acceptors (Lipinski definition) is 2. The van der Waals surface area contributed by atoms with Gasteiger partial charge in [-0.25, -0.2) is 0 Å². The van der Waals surface area contributed by atoms with Crippen LogP contribution in [0.3, 0.4) is 0 Å². The van der Waals surface area contributed by atoms with Gasteiger partial charge in [-0.2, -0.15) is 0 Å². The number of rotatable bonds is 0. The fourth-order valence-electron chi connectivity index (χ4n) is 1.13. The lowest BCUT2D eigenvalue weighted by Gasteiger charge is -1.92. The van der Waals surface area contributed by atoms with Crippen molar-refractivity contribution in [3.8, 4) is 0 Å². The van der Waals surface area contributed by atoms with Gasteiger partial charge in [0.15, 0.2) is 0 Å². The molecule has 0 amide bonds. The molecule has 0 spiro atoms. The van der Waals surface area contributed by atoms with Gasteiger partial charge in [0.25, 0.3) is 0 Å². The summed E-state index contributed by atoms with van der Waals surface area (Å²) in [6.45, 7) is 0. The van der Waals surface area contributed by atoms with E-state index in [1.54, 1.807) is 0 Å². The molecule has 0 bridgehead atoms. The molecule has 6 heteroatoms. The number of fused-ring (bicyclic) bond motifs is 1. The normalized spacial score (nSPS) is 7.44. The Balaban J connectivity index is 0.000000307. The molecule has 0 saturated heterocycles. The molecule has 2 aromatic carbocycles. The van der Waals surface area contributed by atoms with Gasteiger partial charge < -0.3 is 0 Å². The second-order valence-electron chi connectivity index (χ2n) is 2.93. The van der Waals surface area contributed by atoms with Crippen molar-refractivity contribution in [1.82, 2.24) is 0 Å². The predicted octanol–water partition coefficient (Wildman–Crippen LogP) is 4.69. The van der Waals surface area contributed by atoms with E-state index in [-0.39, 0.29) is 0 Å². The van der Waals surface area contributed by atoms with Gasteiger partial charge in [0.2, 0.25) is 0 Å². The van der Waals surface area contributed by atoms with Crippen molar-refractivity contribution in [2.24, 2.45) is 10.2 Å². The van der Waals surface area contributed by atoms with Crippen LogP contribution in [-0.4, -0.2) is 14.1 Å². The van der Waals surface area contributed by atoms with Crippen LogP contribution < -0.4 is 0 Å². The van der Waals surface area contributed by atoms with Crippen LogP contribution in [0, 0.1) is 0 Å². The smallest absolute Gasteiger partial charge is 0.0139 e. The second kappa shape index (κ2) is 10.8. The van der Waals surface area contributed by atoms with Crippen LogP contribution in [0.4, 0.5) is 0 Å². The number of nitrogens with zero attached hydrogens (tertiary/aromatic N) is 6. The molecule has 2 rings (SSSR count). The van der Waals surface area contributed by atoms with E-state index in [2.05, 4.69) is 68.6 Å². The number of hydrogen-bond donors (Lipinski definition) is 0. The third-order valence-electron chi connectivity index (χ3n) is 1.84. The van der Waals surface area contributed by atoms with Crippen LogP contribution in [0.1, 0.15) is 0 Å². The molecule has 0 atom stereocenters. The molecule has 0 unspecified atom stereocenters. The second-order valence-corrected chi connectivity index (χ2v) is 2.93. The molecule has 0 saturated carbocycles. The summed E-state index contributed by atoms with van der Waals surface area (Å²) in [5.74, 6) is 0. The van der Waals surface area contributed by atoms with Crippen LogP contribution in [0.15, 0.2) is 58.8 Å². The lowest BCUT2D eigenvalue weighted by atomic mass is 10.1. The van der Waals surface area contributed by atoms with Crippen molar-refractivity contribution in [1.29, 1.82) is 0 Å². The molecule has 92 valence electrons. The molecule has 0 heterocycles. The number of azide groups is 2. The minimum absolute atomic E-state index is 1.31. The molecule has 0 N–H and O–H groups in total. The fourth-order valence-corrected chi connectivity index (χ4v) is 1.13. The van der Waals surface area contributed by atoms with Crippen molar-refractivity contribution >= 4 is 10.8 Å². The minimum Gasteiger partial charge on any atom is -0.0973 e. The maximum Gasteiger partial charge on any atom is 0.0139 e. The van der Waals surface area contributed by atoms with E-state index in [1.807, 2.05) is 0 Å². The Morgan fingerprint density at radius 1 is 0.722 bits per heavy atom. The van der Waals surface area contributed by atoms with Gasteiger partial charge in [0.05, 0.1) is 0 Å². The quantitative estimate of drug-likeness (QED) is 0.363. The third kappa shape index (κ3) is 6.74. The molecule has 2 aromatic rings. The highest BCUT2D eigenvalue weighted by atomic mass is 15.1. The van der Waals surface area contributed by atoms with E-state index >= 15 is 0 Å². The summed E-state index contributed by atoms with van der Waals surface area (Å²) >= 11 is 0. The molecule has 0 aliphatic heterocycles. The Morgan fingerprint density at radius 2 is 0.944 bits per heavy atom. The summed E-state index contributed by atoms with van der Waals surface area (Å²) in [5, 5.41) is 8.45. The zero-order valence-electron chi connectivity index (χ0n) is 10.3. The molecular formula is C12H14N6. The fraction of sp³-hybridized carbons (Fsp3) is 0.167. The van der Waals surface area contributed by atoms with Crippen molar-refractivity contribution < 1.29 is 0 Å². The standard InChI is InChI=1S/C10H8.2CH3N3/c1-2-6-10-8-4-3-7-9(10)5-1;2*1-3-4-2/h1-8H;2*1H3. The van der Waals surface area contributed by atoms with E-state index in [1.165, 1.54) is 24.9 Å². The average molecular weight is 242 g/mol. The lowest BCUT2D eigenvalue weighted by molar-refractivity contribution is 1.40. The summed E-state index contributed by atoms with van der Waals surface area (Å²) in [5.41, 5.74) is 14.7. The summed E-state index contributed by atoms with van der Waals surface area (Å²) in [7, 11) is 2.78. The zero-order chi connectivity index (χ0) is 13.6. The van der Waals surface area contributed by atoms with E-state index in [0.717, 1.165) is 0 Å². The van der Waals surface area contributed by atoms with Crippen LogP contribution in [-0.2, 0) is 0 Å². The van der Waals surface area contributed by atoms with Gasteiger partial charge in [-0.15, -0.1) is 0 Å². The first-order valence-corrected chi connectivity index (χ1v) is 5.10. The van der Waals surface area contributed by atoms with Gasteiger partial charge in [-0.05, 0) is 21.8 Å². The van der Waals surface area contributed by atoms with E-state index in [0.29, 0.717) is 0 Å². The summed E-state index contributed by atoms with van der Waals surface area (Å²) < 4.78 is 0. The van der Waals surface area contributed by atoms with E-state index in [4.69, 9.17) is 11.1 Å². The SMILES string of the molecule is CN=[N+]=[N-].CN=[N+]=[N-].c1ccc2ccccc2c1. The first-order chi connectivity index (χ1) is 8.79. The zero-order valence-corrected chi connectivity index (χ0v) is 10.3. The molecule has 6 nitrogen and oxygen atoms in total. The monoisotopic (exact) mass is 242 g/mol. The van der Waals surface area contributed by atoms with Gasteiger partial charge in [-0.1, -0.05) is 58.8 Å². The van der Waals surface area contributed by atoms with Crippen LogP contribution >= 0.6 is 0 Å². The highest BCUT2D eigenvalue weighted by Crippen LogP contribution is 2.11.